The first-order valence-corrected chi connectivity index (χ1v) is 6.95. The largest absolute Gasteiger partial charge is 0.368 e. The van der Waals surface area contributed by atoms with E-state index in [0.717, 1.165) is 31.9 Å². The molecule has 0 aromatic carbocycles. The maximum absolute atomic E-state index is 4.38. The fourth-order valence-corrected chi connectivity index (χ4v) is 2.44. The van der Waals surface area contributed by atoms with Crippen LogP contribution in [0.3, 0.4) is 0 Å². The Morgan fingerprint density at radius 3 is 2.33 bits per heavy atom. The lowest BCUT2D eigenvalue weighted by atomic mass is 9.98. The molecule has 1 aliphatic rings. The second kappa shape index (κ2) is 5.27. The van der Waals surface area contributed by atoms with Crippen LogP contribution in [0.1, 0.15) is 32.9 Å². The number of rotatable bonds is 3. The third-order valence-electron chi connectivity index (χ3n) is 4.26. The highest BCUT2D eigenvalue weighted by Crippen LogP contribution is 2.22. The van der Waals surface area contributed by atoms with Crippen LogP contribution >= 0.6 is 0 Å². The summed E-state index contributed by atoms with van der Waals surface area (Å²) in [4.78, 5) is 9.42. The van der Waals surface area contributed by atoms with Crippen molar-refractivity contribution in [2.75, 3.05) is 31.1 Å². The number of anilines is 1. The molecule has 0 bridgehead atoms. The summed E-state index contributed by atoms with van der Waals surface area (Å²) >= 11 is 0. The molecule has 1 saturated heterocycles. The van der Waals surface area contributed by atoms with E-state index in [-0.39, 0.29) is 0 Å². The second-order valence-corrected chi connectivity index (χ2v) is 5.80. The topological polar surface area (TPSA) is 19.4 Å². The molecule has 0 saturated carbocycles. The van der Waals surface area contributed by atoms with Crippen LogP contribution in [0.4, 0.5) is 5.69 Å². The monoisotopic (exact) mass is 247 g/mol. The molecule has 0 unspecified atom stereocenters. The minimum absolute atomic E-state index is 0.331. The Kier molecular flexibility index (Phi) is 3.91. The van der Waals surface area contributed by atoms with Gasteiger partial charge in [0.2, 0.25) is 0 Å². The molecule has 3 nitrogen and oxygen atoms in total. The van der Waals surface area contributed by atoms with Crippen LogP contribution in [-0.2, 0) is 0 Å². The predicted molar refractivity (Wildman–Crippen MR) is 77.1 cm³/mol. The van der Waals surface area contributed by atoms with Gasteiger partial charge in [0.05, 0.1) is 11.9 Å². The molecule has 3 heteroatoms. The Labute approximate surface area is 111 Å². The van der Waals surface area contributed by atoms with Crippen molar-refractivity contribution >= 4 is 5.69 Å². The van der Waals surface area contributed by atoms with E-state index in [4.69, 9.17) is 0 Å². The Morgan fingerprint density at radius 1 is 1.17 bits per heavy atom. The molecule has 0 spiro atoms. The molecule has 0 amide bonds. The Bertz CT molecular complexity index is 375. The highest BCUT2D eigenvalue weighted by molar-refractivity contribution is 5.45. The lowest BCUT2D eigenvalue weighted by Crippen LogP contribution is -2.54. The van der Waals surface area contributed by atoms with Crippen molar-refractivity contribution in [1.29, 1.82) is 0 Å². The third-order valence-corrected chi connectivity index (χ3v) is 4.26. The van der Waals surface area contributed by atoms with Crippen molar-refractivity contribution in [3.8, 4) is 0 Å². The van der Waals surface area contributed by atoms with Gasteiger partial charge in [-0.2, -0.15) is 0 Å². The zero-order valence-corrected chi connectivity index (χ0v) is 12.1. The van der Waals surface area contributed by atoms with E-state index < -0.39 is 0 Å². The summed E-state index contributed by atoms with van der Waals surface area (Å²) < 4.78 is 0. The van der Waals surface area contributed by atoms with Gasteiger partial charge in [0, 0.05) is 37.4 Å². The molecule has 1 fully saturated rings. The van der Waals surface area contributed by atoms with E-state index in [1.807, 2.05) is 13.1 Å². The Balaban J connectivity index is 1.96. The van der Waals surface area contributed by atoms with E-state index in [9.17, 15) is 0 Å². The van der Waals surface area contributed by atoms with Gasteiger partial charge in [-0.15, -0.1) is 0 Å². The summed E-state index contributed by atoms with van der Waals surface area (Å²) in [5.41, 5.74) is 2.68. The zero-order valence-electron chi connectivity index (χ0n) is 12.1. The Morgan fingerprint density at radius 2 is 1.83 bits per heavy atom. The fourth-order valence-electron chi connectivity index (χ4n) is 2.44. The molecule has 1 aromatic heterocycles. The number of hydrogen-bond acceptors (Lipinski definition) is 3. The van der Waals surface area contributed by atoms with Gasteiger partial charge >= 0.3 is 0 Å². The summed E-state index contributed by atoms with van der Waals surface area (Å²) in [6.45, 7) is 13.5. The number of pyridine rings is 1. The number of aromatic nitrogens is 1. The van der Waals surface area contributed by atoms with Crippen LogP contribution in [0.25, 0.3) is 0 Å². The van der Waals surface area contributed by atoms with Gasteiger partial charge in [-0.1, -0.05) is 6.92 Å². The Hall–Kier alpha value is -1.09. The molecule has 1 aromatic rings. The molecule has 2 rings (SSSR count). The van der Waals surface area contributed by atoms with E-state index in [2.05, 4.69) is 47.7 Å². The molecule has 0 N–H and O–H groups in total. The molecule has 100 valence electrons. The number of piperazine rings is 1. The summed E-state index contributed by atoms with van der Waals surface area (Å²) in [5, 5.41) is 0. The van der Waals surface area contributed by atoms with Crippen molar-refractivity contribution in [2.24, 2.45) is 0 Å². The number of nitrogens with zero attached hydrogens (tertiary/aromatic N) is 3. The summed E-state index contributed by atoms with van der Waals surface area (Å²) in [5.74, 6) is 0. The molecular weight excluding hydrogens is 222 g/mol. The quantitative estimate of drug-likeness (QED) is 0.818. The molecule has 0 atom stereocenters. The highest BCUT2D eigenvalue weighted by atomic mass is 15.3. The smallest absolute Gasteiger partial charge is 0.0553 e. The van der Waals surface area contributed by atoms with Crippen LogP contribution in [0.15, 0.2) is 18.3 Å². The van der Waals surface area contributed by atoms with E-state index in [0.29, 0.717) is 5.54 Å². The van der Waals surface area contributed by atoms with Gasteiger partial charge in [0.15, 0.2) is 0 Å². The van der Waals surface area contributed by atoms with Crippen molar-refractivity contribution in [1.82, 2.24) is 9.88 Å². The summed E-state index contributed by atoms with van der Waals surface area (Å²) in [6.07, 6.45) is 3.20. The van der Waals surface area contributed by atoms with Gasteiger partial charge in [-0.3, -0.25) is 9.88 Å². The van der Waals surface area contributed by atoms with E-state index in [1.54, 1.807) is 0 Å². The number of hydrogen-bond donors (Lipinski definition) is 0. The van der Waals surface area contributed by atoms with Gasteiger partial charge in [-0.25, -0.2) is 0 Å². The molecule has 0 aliphatic carbocycles. The van der Waals surface area contributed by atoms with Crippen molar-refractivity contribution in [3.63, 3.8) is 0 Å². The van der Waals surface area contributed by atoms with Crippen LogP contribution < -0.4 is 4.90 Å². The van der Waals surface area contributed by atoms with Crippen molar-refractivity contribution < 1.29 is 0 Å². The van der Waals surface area contributed by atoms with E-state index in [1.165, 1.54) is 12.1 Å². The molecule has 2 heterocycles. The van der Waals surface area contributed by atoms with Gasteiger partial charge in [-0.05, 0) is 39.3 Å². The van der Waals surface area contributed by atoms with Crippen LogP contribution in [0.2, 0.25) is 0 Å². The second-order valence-electron chi connectivity index (χ2n) is 5.80. The average molecular weight is 247 g/mol. The van der Waals surface area contributed by atoms with Gasteiger partial charge in [0.25, 0.3) is 0 Å². The molecular formula is C15H25N3. The molecule has 18 heavy (non-hydrogen) atoms. The van der Waals surface area contributed by atoms with Crippen LogP contribution in [0, 0.1) is 6.92 Å². The summed E-state index contributed by atoms with van der Waals surface area (Å²) in [7, 11) is 0. The van der Waals surface area contributed by atoms with E-state index >= 15 is 0 Å². The molecule has 0 radical (unpaired) electrons. The third kappa shape index (κ3) is 2.83. The maximum atomic E-state index is 4.38. The lowest BCUT2D eigenvalue weighted by molar-refractivity contribution is 0.108. The van der Waals surface area contributed by atoms with Crippen LogP contribution in [-0.4, -0.2) is 41.6 Å². The normalized spacial score (nSPS) is 18.1. The minimum atomic E-state index is 0.331. The zero-order chi connectivity index (χ0) is 13.2. The standard InChI is InChI=1S/C15H25N3/c1-5-15(3,4)18-10-8-17(9-11-18)14-7-6-13(2)16-12-14/h6-7,12H,5,8-11H2,1-4H3. The number of aryl methyl sites for hydroxylation is 1. The first-order valence-electron chi connectivity index (χ1n) is 6.95. The molecule has 1 aliphatic heterocycles. The van der Waals surface area contributed by atoms with Crippen LogP contribution in [0.5, 0.6) is 0 Å². The van der Waals surface area contributed by atoms with Gasteiger partial charge < -0.3 is 4.90 Å². The fraction of sp³-hybridized carbons (Fsp3) is 0.667. The maximum Gasteiger partial charge on any atom is 0.0553 e. The average Bonchev–Trinajstić information content (AvgIpc) is 2.40. The minimum Gasteiger partial charge on any atom is -0.368 e. The first-order chi connectivity index (χ1) is 8.53. The van der Waals surface area contributed by atoms with Crippen molar-refractivity contribution in [3.05, 3.63) is 24.0 Å². The predicted octanol–water partition coefficient (Wildman–Crippen LogP) is 2.70. The summed E-state index contributed by atoms with van der Waals surface area (Å²) in [6, 6.07) is 4.28. The highest BCUT2D eigenvalue weighted by Gasteiger charge is 2.28. The lowest BCUT2D eigenvalue weighted by Gasteiger charge is -2.44. The van der Waals surface area contributed by atoms with Crippen molar-refractivity contribution in [2.45, 2.75) is 39.7 Å². The SMILES string of the molecule is CCC(C)(C)N1CCN(c2ccc(C)nc2)CC1. The first kappa shape index (κ1) is 13.3. The van der Waals surface area contributed by atoms with Gasteiger partial charge in [0.1, 0.15) is 0 Å².